The first-order valence-corrected chi connectivity index (χ1v) is 7.79. The highest BCUT2D eigenvalue weighted by Crippen LogP contribution is 2.37. The highest BCUT2D eigenvalue weighted by atomic mass is 19.4. The molecule has 2 heterocycles. The molecule has 0 fully saturated rings. The number of rotatable bonds is 6. The van der Waals surface area contributed by atoms with Crippen molar-refractivity contribution in [2.24, 2.45) is 7.05 Å². The van der Waals surface area contributed by atoms with Gasteiger partial charge >= 0.3 is 6.18 Å². The summed E-state index contributed by atoms with van der Waals surface area (Å²) < 4.78 is 52.3. The van der Waals surface area contributed by atoms with E-state index in [1.807, 2.05) is 6.07 Å². The molecule has 9 heteroatoms. The molecule has 0 saturated heterocycles. The average Bonchev–Trinajstić information content (AvgIpc) is 3.19. The van der Waals surface area contributed by atoms with Crippen molar-refractivity contribution in [1.29, 1.82) is 0 Å². The summed E-state index contributed by atoms with van der Waals surface area (Å²) in [6, 6.07) is 7.03. The number of halogens is 3. The summed E-state index contributed by atoms with van der Waals surface area (Å²) in [4.78, 5) is 3.65. The number of benzene rings is 1. The van der Waals surface area contributed by atoms with Crippen molar-refractivity contribution in [3.05, 3.63) is 48.2 Å². The second kappa shape index (κ2) is 6.65. The predicted molar refractivity (Wildman–Crippen MR) is 87.6 cm³/mol. The molecule has 2 aromatic heterocycles. The van der Waals surface area contributed by atoms with E-state index < -0.39 is 24.1 Å². The van der Waals surface area contributed by atoms with Crippen LogP contribution in [-0.2, 0) is 19.2 Å². The third-order valence-corrected chi connectivity index (χ3v) is 4.12. The SMILES string of the molecule is COc1cccc2cc(CNCC(O)(c3nccn3C)C(F)(F)F)oc12. The highest BCUT2D eigenvalue weighted by molar-refractivity contribution is 5.83. The number of para-hydroxylation sites is 1. The van der Waals surface area contributed by atoms with Crippen LogP contribution in [0.25, 0.3) is 11.0 Å². The number of ether oxygens (including phenoxy) is 1. The van der Waals surface area contributed by atoms with Crippen molar-refractivity contribution in [2.75, 3.05) is 13.7 Å². The van der Waals surface area contributed by atoms with Crippen LogP contribution < -0.4 is 10.1 Å². The van der Waals surface area contributed by atoms with Gasteiger partial charge < -0.3 is 24.1 Å². The van der Waals surface area contributed by atoms with Crippen molar-refractivity contribution < 1.29 is 27.4 Å². The molecule has 6 nitrogen and oxygen atoms in total. The molecule has 0 bridgehead atoms. The number of fused-ring (bicyclic) bond motifs is 1. The van der Waals surface area contributed by atoms with Gasteiger partial charge in [0.15, 0.2) is 17.2 Å². The smallest absolute Gasteiger partial charge is 0.425 e. The fourth-order valence-electron chi connectivity index (χ4n) is 2.77. The standard InChI is InChI=1S/C17H18F3N3O3/c1-23-7-6-22-15(23)16(24,17(18,19)20)10-21-9-12-8-11-4-3-5-13(25-2)14(11)26-12/h3-8,21,24H,9-10H2,1-2H3. The third-order valence-electron chi connectivity index (χ3n) is 4.12. The Labute approximate surface area is 147 Å². The second-order valence-electron chi connectivity index (χ2n) is 5.91. The summed E-state index contributed by atoms with van der Waals surface area (Å²) in [5.41, 5.74) is -2.60. The van der Waals surface area contributed by atoms with Gasteiger partial charge in [-0.05, 0) is 12.1 Å². The van der Waals surface area contributed by atoms with Gasteiger partial charge in [0.1, 0.15) is 5.76 Å². The number of aromatic nitrogens is 2. The maximum absolute atomic E-state index is 13.5. The first-order chi connectivity index (χ1) is 12.3. The number of imidazole rings is 1. The van der Waals surface area contributed by atoms with Crippen LogP contribution in [0.4, 0.5) is 13.2 Å². The summed E-state index contributed by atoms with van der Waals surface area (Å²) in [7, 11) is 2.90. The highest BCUT2D eigenvalue weighted by Gasteiger charge is 2.57. The predicted octanol–water partition coefficient (Wildman–Crippen LogP) is 2.71. The molecule has 1 unspecified atom stereocenters. The maximum Gasteiger partial charge on any atom is 0.425 e. The fraction of sp³-hybridized carbons (Fsp3) is 0.353. The van der Waals surface area contributed by atoms with Gasteiger partial charge in [-0.1, -0.05) is 12.1 Å². The van der Waals surface area contributed by atoms with Crippen molar-refractivity contribution in [2.45, 2.75) is 18.3 Å². The van der Waals surface area contributed by atoms with E-state index in [-0.39, 0.29) is 6.54 Å². The Balaban J connectivity index is 1.78. The minimum atomic E-state index is -4.89. The van der Waals surface area contributed by atoms with Crippen LogP contribution in [0.2, 0.25) is 0 Å². The second-order valence-corrected chi connectivity index (χ2v) is 5.91. The molecule has 1 atom stereocenters. The van der Waals surface area contributed by atoms with Crippen molar-refractivity contribution in [3.63, 3.8) is 0 Å². The Morgan fingerprint density at radius 3 is 2.73 bits per heavy atom. The van der Waals surface area contributed by atoms with Crippen LogP contribution in [0.5, 0.6) is 5.75 Å². The number of nitrogens with one attached hydrogen (secondary N) is 1. The van der Waals surface area contributed by atoms with Gasteiger partial charge in [-0.15, -0.1) is 0 Å². The zero-order valence-electron chi connectivity index (χ0n) is 14.2. The van der Waals surface area contributed by atoms with Gasteiger partial charge in [0, 0.05) is 31.4 Å². The fourth-order valence-corrected chi connectivity index (χ4v) is 2.77. The molecule has 0 radical (unpaired) electrons. The summed E-state index contributed by atoms with van der Waals surface area (Å²) >= 11 is 0. The first-order valence-electron chi connectivity index (χ1n) is 7.79. The van der Waals surface area contributed by atoms with E-state index in [1.165, 1.54) is 26.6 Å². The minimum absolute atomic E-state index is 0.000642. The van der Waals surface area contributed by atoms with E-state index in [4.69, 9.17) is 9.15 Å². The Morgan fingerprint density at radius 1 is 1.35 bits per heavy atom. The van der Waals surface area contributed by atoms with E-state index in [9.17, 15) is 18.3 Å². The van der Waals surface area contributed by atoms with Crippen LogP contribution in [0.15, 0.2) is 41.1 Å². The lowest BCUT2D eigenvalue weighted by molar-refractivity contribution is -0.268. The monoisotopic (exact) mass is 369 g/mol. The summed E-state index contributed by atoms with van der Waals surface area (Å²) in [5.74, 6) is 0.478. The Bertz CT molecular complexity index is 903. The van der Waals surface area contributed by atoms with Gasteiger partial charge in [-0.2, -0.15) is 13.2 Å². The largest absolute Gasteiger partial charge is 0.493 e. The molecule has 140 valence electrons. The molecule has 3 aromatic rings. The number of aryl methyl sites for hydroxylation is 1. The third kappa shape index (κ3) is 3.15. The topological polar surface area (TPSA) is 72.4 Å². The maximum atomic E-state index is 13.5. The average molecular weight is 369 g/mol. The zero-order valence-corrected chi connectivity index (χ0v) is 14.2. The number of hydrogen-bond donors (Lipinski definition) is 2. The summed E-state index contributed by atoms with van der Waals surface area (Å²) in [6.45, 7) is -0.768. The Hall–Kier alpha value is -2.52. The molecular formula is C17H18F3N3O3. The minimum Gasteiger partial charge on any atom is -0.493 e. The van der Waals surface area contributed by atoms with E-state index in [0.29, 0.717) is 17.1 Å². The van der Waals surface area contributed by atoms with Crippen LogP contribution in [0.3, 0.4) is 0 Å². The molecule has 26 heavy (non-hydrogen) atoms. The molecule has 3 rings (SSSR count). The lowest BCUT2D eigenvalue weighted by atomic mass is 10.0. The van der Waals surface area contributed by atoms with Gasteiger partial charge in [0.05, 0.1) is 13.7 Å². The van der Waals surface area contributed by atoms with Gasteiger partial charge in [-0.25, -0.2) is 4.98 Å². The number of furan rings is 1. The quantitative estimate of drug-likeness (QED) is 0.699. The Morgan fingerprint density at radius 2 is 2.12 bits per heavy atom. The molecule has 0 amide bonds. The molecule has 0 spiro atoms. The molecule has 0 aliphatic heterocycles. The first kappa shape index (κ1) is 18.3. The van der Waals surface area contributed by atoms with E-state index in [2.05, 4.69) is 10.3 Å². The number of aliphatic hydroxyl groups is 1. The van der Waals surface area contributed by atoms with Crippen molar-refractivity contribution >= 4 is 11.0 Å². The molecule has 0 aliphatic rings. The normalized spacial score (nSPS) is 14.5. The lowest BCUT2D eigenvalue weighted by Crippen LogP contribution is -2.51. The molecular weight excluding hydrogens is 351 g/mol. The molecule has 0 aliphatic carbocycles. The van der Waals surface area contributed by atoms with Crippen molar-refractivity contribution in [3.8, 4) is 5.75 Å². The van der Waals surface area contributed by atoms with Gasteiger partial charge in [0.25, 0.3) is 0 Å². The number of alkyl halides is 3. The lowest BCUT2D eigenvalue weighted by Gasteiger charge is -2.30. The number of hydrogen-bond acceptors (Lipinski definition) is 5. The Kier molecular flexibility index (Phi) is 4.68. The van der Waals surface area contributed by atoms with Crippen LogP contribution in [-0.4, -0.2) is 34.5 Å². The number of nitrogens with zero attached hydrogens (tertiary/aromatic N) is 2. The van der Waals surface area contributed by atoms with Crippen molar-refractivity contribution in [1.82, 2.24) is 14.9 Å². The molecule has 0 saturated carbocycles. The molecule has 1 aromatic carbocycles. The van der Waals surface area contributed by atoms with E-state index in [1.54, 1.807) is 18.2 Å². The molecule has 2 N–H and O–H groups in total. The van der Waals surface area contributed by atoms with Crippen LogP contribution in [0.1, 0.15) is 11.6 Å². The summed E-state index contributed by atoms with van der Waals surface area (Å²) in [6.07, 6.45) is -2.34. The van der Waals surface area contributed by atoms with Gasteiger partial charge in [0.2, 0.25) is 5.60 Å². The van der Waals surface area contributed by atoms with Crippen LogP contribution >= 0.6 is 0 Å². The number of methoxy groups -OCH3 is 1. The van der Waals surface area contributed by atoms with Crippen LogP contribution in [0, 0.1) is 0 Å². The van der Waals surface area contributed by atoms with E-state index in [0.717, 1.165) is 9.95 Å². The zero-order chi connectivity index (χ0) is 18.9. The summed E-state index contributed by atoms with van der Waals surface area (Å²) in [5, 5.41) is 13.6. The van der Waals surface area contributed by atoms with Gasteiger partial charge in [-0.3, -0.25) is 0 Å². The van der Waals surface area contributed by atoms with E-state index >= 15 is 0 Å².